The Kier molecular flexibility index (Phi) is 4.92. The van der Waals surface area contributed by atoms with Crippen LogP contribution in [0.25, 0.3) is 0 Å². The Morgan fingerprint density at radius 1 is 1.34 bits per heavy atom. The second kappa shape index (κ2) is 7.40. The van der Waals surface area contributed by atoms with Gasteiger partial charge in [-0.1, -0.05) is 30.9 Å². The average molecular weight is 410 g/mol. The lowest BCUT2D eigenvalue weighted by Gasteiger charge is -2.55. The van der Waals surface area contributed by atoms with Gasteiger partial charge in [-0.05, 0) is 49.5 Å². The number of thiocarbonyl (C=S) groups is 1. The van der Waals surface area contributed by atoms with Crippen molar-refractivity contribution < 1.29 is 19.0 Å². The molecular formula is C22H22N2O4S. The highest BCUT2D eigenvalue weighted by Gasteiger charge is 2.59. The zero-order valence-corrected chi connectivity index (χ0v) is 17.1. The molecule has 2 aliphatic rings. The Balaban J connectivity index is 1.87. The molecule has 0 saturated carbocycles. The predicted molar refractivity (Wildman–Crippen MR) is 114 cm³/mol. The van der Waals surface area contributed by atoms with Gasteiger partial charge in [0.2, 0.25) is 5.72 Å². The van der Waals surface area contributed by atoms with Gasteiger partial charge in [-0.15, -0.1) is 0 Å². The second-order valence-corrected chi connectivity index (χ2v) is 7.44. The summed E-state index contributed by atoms with van der Waals surface area (Å²) in [5.41, 5.74) is 0.552. The highest BCUT2D eigenvalue weighted by molar-refractivity contribution is 7.80. The van der Waals surface area contributed by atoms with Crippen LogP contribution in [0.15, 0.2) is 61.2 Å². The highest BCUT2D eigenvalue weighted by Crippen LogP contribution is 2.50. The van der Waals surface area contributed by atoms with Crippen LogP contribution in [0.5, 0.6) is 11.5 Å². The van der Waals surface area contributed by atoms with Crippen LogP contribution in [-0.2, 0) is 9.53 Å². The molecule has 1 saturated heterocycles. The van der Waals surface area contributed by atoms with E-state index in [1.807, 2.05) is 60.4 Å². The number of hydrogen-bond acceptors (Lipinski definition) is 5. The van der Waals surface area contributed by atoms with E-state index in [2.05, 4.69) is 11.9 Å². The molecule has 0 aliphatic carbocycles. The maximum Gasteiger partial charge on any atom is 0.317 e. The van der Waals surface area contributed by atoms with E-state index < -0.39 is 17.7 Å². The molecule has 2 heterocycles. The molecule has 7 heteroatoms. The molecule has 4 rings (SSSR count). The first-order valence-corrected chi connectivity index (χ1v) is 9.70. The highest BCUT2D eigenvalue weighted by atomic mass is 32.1. The fraction of sp³-hybridized carbons (Fsp3) is 0.273. The molecule has 0 radical (unpaired) electrons. The molecule has 3 atom stereocenters. The van der Waals surface area contributed by atoms with Crippen molar-refractivity contribution in [3.8, 4) is 11.5 Å². The molecule has 0 amide bonds. The van der Waals surface area contributed by atoms with E-state index >= 15 is 0 Å². The number of rotatable bonds is 5. The quantitative estimate of drug-likeness (QED) is 0.459. The van der Waals surface area contributed by atoms with Gasteiger partial charge in [-0.25, -0.2) is 0 Å². The maximum atomic E-state index is 13.1. The van der Waals surface area contributed by atoms with Crippen molar-refractivity contribution in [1.82, 2.24) is 5.32 Å². The van der Waals surface area contributed by atoms with E-state index in [9.17, 15) is 4.79 Å². The molecular weight excluding hydrogens is 388 g/mol. The van der Waals surface area contributed by atoms with E-state index in [0.29, 0.717) is 16.6 Å². The number of methoxy groups -OCH3 is 1. The first kappa shape index (κ1) is 19.3. The van der Waals surface area contributed by atoms with Gasteiger partial charge in [0.1, 0.15) is 24.0 Å². The zero-order valence-electron chi connectivity index (χ0n) is 16.3. The first-order chi connectivity index (χ1) is 14.0. The fourth-order valence-corrected chi connectivity index (χ4v) is 4.46. The summed E-state index contributed by atoms with van der Waals surface area (Å²) >= 11 is 5.69. The summed E-state index contributed by atoms with van der Waals surface area (Å²) in [6.07, 6.45) is 1.55. The van der Waals surface area contributed by atoms with Crippen LogP contribution in [0, 0.1) is 5.92 Å². The van der Waals surface area contributed by atoms with Crippen molar-refractivity contribution >= 4 is 29.0 Å². The number of anilines is 1. The lowest BCUT2D eigenvalue weighted by Crippen LogP contribution is -2.71. The van der Waals surface area contributed by atoms with Crippen molar-refractivity contribution in [2.45, 2.75) is 18.7 Å². The molecule has 150 valence electrons. The summed E-state index contributed by atoms with van der Waals surface area (Å²) in [4.78, 5) is 15.0. The minimum Gasteiger partial charge on any atom is -0.497 e. The number of benzene rings is 2. The van der Waals surface area contributed by atoms with Gasteiger partial charge >= 0.3 is 5.97 Å². The van der Waals surface area contributed by atoms with E-state index in [-0.39, 0.29) is 12.6 Å². The number of nitrogens with zero attached hydrogens (tertiary/aromatic N) is 1. The van der Waals surface area contributed by atoms with Crippen molar-refractivity contribution in [2.75, 3.05) is 18.6 Å². The predicted octanol–water partition coefficient (Wildman–Crippen LogP) is 3.59. The monoisotopic (exact) mass is 410 g/mol. The van der Waals surface area contributed by atoms with Crippen molar-refractivity contribution in [2.24, 2.45) is 5.92 Å². The minimum atomic E-state index is -1.08. The third kappa shape index (κ3) is 3.11. The van der Waals surface area contributed by atoms with E-state index in [4.69, 9.17) is 26.4 Å². The standard InChI is InChI=1S/C22H22N2O4S/c1-4-12-27-20(25)18-19-16-13-15(26-3)10-11-17(16)28-22(18,2)24(21(29)23-19)14-8-6-5-7-9-14/h4-11,13,18-19H,1,12H2,2-3H3,(H,23,29)/t18-,19-,22+/m1/s1. The lowest BCUT2D eigenvalue weighted by atomic mass is 9.79. The zero-order chi connectivity index (χ0) is 20.6. The SMILES string of the molecule is C=CCOC(=O)[C@H]1[C@@H]2NC(=S)N(c3ccccc3)[C@@]1(C)Oc1ccc(OC)cc12. The van der Waals surface area contributed by atoms with Gasteiger partial charge in [0.25, 0.3) is 0 Å². The maximum absolute atomic E-state index is 13.1. The summed E-state index contributed by atoms with van der Waals surface area (Å²) in [5, 5.41) is 3.81. The Hall–Kier alpha value is -3.06. The Morgan fingerprint density at radius 2 is 2.10 bits per heavy atom. The summed E-state index contributed by atoms with van der Waals surface area (Å²) in [6.45, 7) is 5.62. The van der Waals surface area contributed by atoms with E-state index in [0.717, 1.165) is 11.3 Å². The van der Waals surface area contributed by atoms with Crippen molar-refractivity contribution in [1.29, 1.82) is 0 Å². The normalized spacial score (nSPS) is 24.6. The second-order valence-electron chi connectivity index (χ2n) is 7.05. The van der Waals surface area contributed by atoms with Gasteiger partial charge in [0.15, 0.2) is 5.11 Å². The fourth-order valence-electron chi connectivity index (χ4n) is 4.05. The van der Waals surface area contributed by atoms with Crippen LogP contribution in [0.3, 0.4) is 0 Å². The molecule has 2 aromatic rings. The molecule has 1 N–H and O–H groups in total. The molecule has 2 aromatic carbocycles. The number of hydrogen-bond donors (Lipinski definition) is 1. The molecule has 0 aromatic heterocycles. The molecule has 2 bridgehead atoms. The summed E-state index contributed by atoms with van der Waals surface area (Å²) in [7, 11) is 1.60. The Bertz CT molecular complexity index is 965. The third-order valence-corrected chi connectivity index (χ3v) is 5.62. The van der Waals surface area contributed by atoms with Crippen LogP contribution in [0.2, 0.25) is 0 Å². The number of carbonyl (C=O) groups is 1. The molecule has 1 fully saturated rings. The number of nitrogens with one attached hydrogen (secondary N) is 1. The smallest absolute Gasteiger partial charge is 0.317 e. The first-order valence-electron chi connectivity index (χ1n) is 9.30. The molecule has 6 nitrogen and oxygen atoms in total. The topological polar surface area (TPSA) is 60.0 Å². The molecule has 2 aliphatic heterocycles. The summed E-state index contributed by atoms with van der Waals surface area (Å²) in [6, 6.07) is 14.7. The van der Waals surface area contributed by atoms with Crippen LogP contribution in [-0.4, -0.2) is 30.5 Å². The number of carbonyl (C=O) groups excluding carboxylic acids is 1. The van der Waals surface area contributed by atoms with Gasteiger partial charge in [-0.3, -0.25) is 9.69 Å². The van der Waals surface area contributed by atoms with E-state index in [1.165, 1.54) is 0 Å². The minimum absolute atomic E-state index is 0.124. The van der Waals surface area contributed by atoms with Gasteiger partial charge in [0.05, 0.1) is 13.2 Å². The van der Waals surface area contributed by atoms with Crippen LogP contribution < -0.4 is 19.7 Å². The van der Waals surface area contributed by atoms with E-state index in [1.54, 1.807) is 13.2 Å². The molecule has 0 unspecified atom stereocenters. The number of fused-ring (bicyclic) bond motifs is 4. The Labute approximate surface area is 175 Å². The largest absolute Gasteiger partial charge is 0.497 e. The van der Waals surface area contributed by atoms with Gasteiger partial charge in [0, 0.05) is 11.3 Å². The average Bonchev–Trinajstić information content (AvgIpc) is 2.72. The Morgan fingerprint density at radius 3 is 2.79 bits per heavy atom. The van der Waals surface area contributed by atoms with Gasteiger partial charge in [-0.2, -0.15) is 0 Å². The number of para-hydroxylation sites is 1. The lowest BCUT2D eigenvalue weighted by molar-refractivity contribution is -0.159. The van der Waals surface area contributed by atoms with Crippen molar-refractivity contribution in [3.05, 3.63) is 66.7 Å². The van der Waals surface area contributed by atoms with Crippen molar-refractivity contribution in [3.63, 3.8) is 0 Å². The van der Waals surface area contributed by atoms with Crippen LogP contribution in [0.4, 0.5) is 5.69 Å². The van der Waals surface area contributed by atoms with Gasteiger partial charge < -0.3 is 19.5 Å². The third-order valence-electron chi connectivity index (χ3n) is 5.32. The molecule has 29 heavy (non-hydrogen) atoms. The number of esters is 1. The summed E-state index contributed by atoms with van der Waals surface area (Å²) < 4.78 is 17.3. The van der Waals surface area contributed by atoms with Crippen LogP contribution in [0.1, 0.15) is 18.5 Å². The summed E-state index contributed by atoms with van der Waals surface area (Å²) in [5.74, 6) is 0.283. The van der Waals surface area contributed by atoms with Crippen LogP contribution >= 0.6 is 12.2 Å². The number of ether oxygens (including phenoxy) is 3. The molecule has 0 spiro atoms.